The fraction of sp³-hybridized carbons (Fsp3) is 0.444. The smallest absolute Gasteiger partial charge is 0.325 e. The number of nitrogens with zero attached hydrogens (tertiary/aromatic N) is 3. The van der Waals surface area contributed by atoms with E-state index in [-0.39, 0.29) is 24.5 Å². The fourth-order valence-electron chi connectivity index (χ4n) is 1.21. The molecule has 1 rings (SSSR count). The number of methoxy groups -OCH3 is 1. The molecule has 18 heavy (non-hydrogen) atoms. The number of carbonyl (C=O) groups is 2. The minimum Gasteiger partial charge on any atom is -0.468 e. The van der Waals surface area contributed by atoms with E-state index < -0.39 is 16.8 Å². The predicted octanol–water partition coefficient (Wildman–Crippen LogP) is -0.611. The van der Waals surface area contributed by atoms with Crippen molar-refractivity contribution >= 4 is 17.6 Å². The van der Waals surface area contributed by atoms with Crippen molar-refractivity contribution in [2.75, 3.05) is 13.7 Å². The van der Waals surface area contributed by atoms with E-state index in [1.165, 1.54) is 14.0 Å². The van der Waals surface area contributed by atoms with E-state index >= 15 is 0 Å². The van der Waals surface area contributed by atoms with E-state index in [0.29, 0.717) is 0 Å². The Hall–Kier alpha value is -2.45. The average molecular weight is 256 g/mol. The van der Waals surface area contributed by atoms with Gasteiger partial charge in [-0.25, -0.2) is 0 Å². The van der Waals surface area contributed by atoms with Gasteiger partial charge in [0.25, 0.3) is 0 Å². The molecule has 0 radical (unpaired) electrons. The van der Waals surface area contributed by atoms with Crippen LogP contribution in [-0.4, -0.2) is 40.2 Å². The highest BCUT2D eigenvalue weighted by molar-refractivity contribution is 5.81. The minimum atomic E-state index is -0.578. The van der Waals surface area contributed by atoms with Gasteiger partial charge >= 0.3 is 11.7 Å². The molecular formula is C9H12N4O5. The highest BCUT2D eigenvalue weighted by Crippen LogP contribution is 2.14. The molecule has 0 bridgehead atoms. The zero-order valence-electron chi connectivity index (χ0n) is 9.87. The molecule has 1 N–H and O–H groups in total. The lowest BCUT2D eigenvalue weighted by Gasteiger charge is -2.03. The van der Waals surface area contributed by atoms with Crippen molar-refractivity contribution in [2.45, 2.75) is 13.5 Å². The van der Waals surface area contributed by atoms with E-state index in [1.807, 2.05) is 0 Å². The summed E-state index contributed by atoms with van der Waals surface area (Å²) in [6.45, 7) is 1.02. The molecule has 0 aliphatic heterocycles. The molecule has 0 saturated heterocycles. The van der Waals surface area contributed by atoms with Gasteiger partial charge in [-0.3, -0.25) is 24.4 Å². The van der Waals surface area contributed by atoms with Gasteiger partial charge < -0.3 is 10.1 Å². The zero-order chi connectivity index (χ0) is 13.7. The van der Waals surface area contributed by atoms with Crippen LogP contribution in [0, 0.1) is 17.0 Å². The summed E-state index contributed by atoms with van der Waals surface area (Å²) in [5.41, 5.74) is 0.0662. The Morgan fingerprint density at radius 1 is 1.61 bits per heavy atom. The minimum absolute atomic E-state index is 0.157. The maximum absolute atomic E-state index is 11.4. The summed E-state index contributed by atoms with van der Waals surface area (Å²) in [6.07, 6.45) is 1.16. The van der Waals surface area contributed by atoms with Crippen molar-refractivity contribution in [3.8, 4) is 0 Å². The monoisotopic (exact) mass is 256 g/mol. The van der Waals surface area contributed by atoms with Crippen LogP contribution in [0.15, 0.2) is 6.20 Å². The normalized spacial score (nSPS) is 9.89. The number of hydrogen-bond acceptors (Lipinski definition) is 6. The summed E-state index contributed by atoms with van der Waals surface area (Å²) in [4.78, 5) is 32.1. The molecule has 0 aromatic carbocycles. The highest BCUT2D eigenvalue weighted by atomic mass is 16.6. The van der Waals surface area contributed by atoms with Crippen molar-refractivity contribution in [1.29, 1.82) is 0 Å². The Labute approximate surface area is 102 Å². The molecule has 9 nitrogen and oxygen atoms in total. The van der Waals surface area contributed by atoms with Crippen LogP contribution in [0.5, 0.6) is 0 Å². The summed E-state index contributed by atoms with van der Waals surface area (Å²) >= 11 is 0. The van der Waals surface area contributed by atoms with E-state index in [1.54, 1.807) is 0 Å². The van der Waals surface area contributed by atoms with Crippen molar-refractivity contribution in [3.05, 3.63) is 22.0 Å². The second-order valence-electron chi connectivity index (χ2n) is 3.41. The van der Waals surface area contributed by atoms with Crippen LogP contribution in [0.25, 0.3) is 0 Å². The molecule has 1 aromatic heterocycles. The van der Waals surface area contributed by atoms with Gasteiger partial charge in [0.15, 0.2) is 0 Å². The van der Waals surface area contributed by atoms with Crippen LogP contribution in [0.1, 0.15) is 5.69 Å². The van der Waals surface area contributed by atoms with Gasteiger partial charge in [-0.05, 0) is 6.92 Å². The third-order valence-electron chi connectivity index (χ3n) is 2.08. The second kappa shape index (κ2) is 5.75. The molecule has 0 unspecified atom stereocenters. The largest absolute Gasteiger partial charge is 0.468 e. The second-order valence-corrected chi connectivity index (χ2v) is 3.41. The van der Waals surface area contributed by atoms with E-state index in [4.69, 9.17) is 0 Å². The van der Waals surface area contributed by atoms with Gasteiger partial charge in [0.05, 0.1) is 12.0 Å². The van der Waals surface area contributed by atoms with Gasteiger partial charge in [-0.15, -0.1) is 0 Å². The van der Waals surface area contributed by atoms with Gasteiger partial charge in [-0.2, -0.15) is 5.10 Å². The number of hydrogen-bond donors (Lipinski definition) is 1. The SMILES string of the molecule is COC(=O)CNC(=O)Cn1cc([N+](=O)[O-])c(C)n1. The lowest BCUT2D eigenvalue weighted by atomic mass is 10.4. The third kappa shape index (κ3) is 3.54. The maximum atomic E-state index is 11.4. The van der Waals surface area contributed by atoms with Crippen molar-refractivity contribution in [3.63, 3.8) is 0 Å². The van der Waals surface area contributed by atoms with Crippen LogP contribution in [0.2, 0.25) is 0 Å². The van der Waals surface area contributed by atoms with E-state index in [2.05, 4.69) is 15.2 Å². The average Bonchev–Trinajstić information content (AvgIpc) is 2.67. The van der Waals surface area contributed by atoms with Crippen molar-refractivity contribution < 1.29 is 19.2 Å². The topological polar surface area (TPSA) is 116 Å². The van der Waals surface area contributed by atoms with Crippen molar-refractivity contribution in [2.24, 2.45) is 0 Å². The summed E-state index contributed by atoms with van der Waals surface area (Å²) in [6, 6.07) is 0. The standard InChI is InChI=1S/C9H12N4O5/c1-6-7(13(16)17)4-12(11-6)5-8(14)10-3-9(15)18-2/h4H,3,5H2,1-2H3,(H,10,14). The molecule has 1 aromatic rings. The highest BCUT2D eigenvalue weighted by Gasteiger charge is 2.16. The third-order valence-corrected chi connectivity index (χ3v) is 2.08. The first-order chi connectivity index (χ1) is 8.43. The summed E-state index contributed by atoms with van der Waals surface area (Å²) in [5, 5.41) is 16.7. The lowest BCUT2D eigenvalue weighted by Crippen LogP contribution is -2.32. The number of aryl methyl sites for hydroxylation is 1. The fourth-order valence-corrected chi connectivity index (χ4v) is 1.21. The Morgan fingerprint density at radius 2 is 2.28 bits per heavy atom. The van der Waals surface area contributed by atoms with Crippen LogP contribution in [-0.2, 0) is 20.9 Å². The number of esters is 1. The van der Waals surface area contributed by atoms with Crippen molar-refractivity contribution in [1.82, 2.24) is 15.1 Å². The molecule has 0 atom stereocenters. The maximum Gasteiger partial charge on any atom is 0.325 e. The number of nitro groups is 1. The Bertz CT molecular complexity index is 481. The number of amides is 1. The Kier molecular flexibility index (Phi) is 4.35. The van der Waals surface area contributed by atoms with Crippen LogP contribution < -0.4 is 5.32 Å². The van der Waals surface area contributed by atoms with Gasteiger partial charge in [-0.1, -0.05) is 0 Å². The molecule has 98 valence electrons. The molecule has 0 spiro atoms. The van der Waals surface area contributed by atoms with E-state index in [0.717, 1.165) is 10.9 Å². The number of nitrogens with one attached hydrogen (secondary N) is 1. The molecular weight excluding hydrogens is 244 g/mol. The molecule has 9 heteroatoms. The van der Waals surface area contributed by atoms with Crippen LogP contribution in [0.4, 0.5) is 5.69 Å². The Morgan fingerprint density at radius 3 is 2.78 bits per heavy atom. The summed E-state index contributed by atoms with van der Waals surface area (Å²) in [5.74, 6) is -1.07. The Balaban J connectivity index is 2.57. The quantitative estimate of drug-likeness (QED) is 0.426. The zero-order valence-corrected chi connectivity index (χ0v) is 9.87. The summed E-state index contributed by atoms with van der Waals surface area (Å²) in [7, 11) is 1.20. The number of aromatic nitrogens is 2. The number of carbonyl (C=O) groups excluding carboxylic acids is 2. The van der Waals surface area contributed by atoms with Crippen LogP contribution >= 0.6 is 0 Å². The van der Waals surface area contributed by atoms with Crippen LogP contribution in [0.3, 0.4) is 0 Å². The molecule has 0 saturated carbocycles. The predicted molar refractivity (Wildman–Crippen MR) is 58.6 cm³/mol. The molecule has 0 aliphatic carbocycles. The number of rotatable bonds is 5. The van der Waals surface area contributed by atoms with Gasteiger partial charge in [0.1, 0.15) is 25.0 Å². The molecule has 0 aliphatic rings. The van der Waals surface area contributed by atoms with E-state index in [9.17, 15) is 19.7 Å². The first kappa shape index (κ1) is 13.6. The molecule has 1 heterocycles. The molecule has 1 amide bonds. The summed E-state index contributed by atoms with van der Waals surface area (Å²) < 4.78 is 5.48. The van der Waals surface area contributed by atoms with Gasteiger partial charge in [0, 0.05) is 0 Å². The molecule has 0 fully saturated rings. The number of ether oxygens (including phenoxy) is 1. The first-order valence-electron chi connectivity index (χ1n) is 4.96. The first-order valence-corrected chi connectivity index (χ1v) is 4.96. The van der Waals surface area contributed by atoms with Gasteiger partial charge in [0.2, 0.25) is 5.91 Å². The lowest BCUT2D eigenvalue weighted by molar-refractivity contribution is -0.385.